The molecule has 34 heavy (non-hydrogen) atoms. The summed E-state index contributed by atoms with van der Waals surface area (Å²) in [5, 5.41) is 3.78. The minimum atomic E-state index is -0.286. The van der Waals surface area contributed by atoms with Gasteiger partial charge in [0.15, 0.2) is 5.78 Å². The molecule has 6 aliphatic rings. The molecule has 0 aromatic carbocycles. The van der Waals surface area contributed by atoms with Gasteiger partial charge in [-0.3, -0.25) is 9.59 Å². The van der Waals surface area contributed by atoms with Crippen molar-refractivity contribution in [2.75, 3.05) is 6.54 Å². The van der Waals surface area contributed by atoms with Crippen molar-refractivity contribution < 1.29 is 19.1 Å². The van der Waals surface area contributed by atoms with E-state index in [1.807, 2.05) is 0 Å². The van der Waals surface area contributed by atoms with Gasteiger partial charge in [0.2, 0.25) is 0 Å². The number of fused-ring (bicyclic) bond motifs is 6. The Balaban J connectivity index is 1.33. The third-order valence-corrected chi connectivity index (χ3v) is 10.9. The molecule has 0 aromatic heterocycles. The highest BCUT2D eigenvalue weighted by Crippen LogP contribution is 2.63. The number of piperidine rings is 1. The van der Waals surface area contributed by atoms with Crippen LogP contribution < -0.4 is 5.32 Å². The van der Waals surface area contributed by atoms with Crippen molar-refractivity contribution >= 4 is 11.8 Å². The van der Waals surface area contributed by atoms with Crippen molar-refractivity contribution in [1.82, 2.24) is 5.32 Å². The molecule has 0 bridgehead atoms. The molecule has 0 radical (unpaired) electrons. The fraction of sp³-hybridized carbons (Fsp3) is 0.793. The van der Waals surface area contributed by atoms with Gasteiger partial charge in [-0.05, 0) is 80.7 Å². The highest BCUT2D eigenvalue weighted by molar-refractivity contribution is 6.02. The van der Waals surface area contributed by atoms with Crippen LogP contribution in [0.4, 0.5) is 0 Å². The Hall–Kier alpha value is -1.46. The van der Waals surface area contributed by atoms with Gasteiger partial charge in [0.1, 0.15) is 6.10 Å². The van der Waals surface area contributed by atoms with Gasteiger partial charge in [0.05, 0.1) is 11.7 Å². The lowest BCUT2D eigenvalue weighted by atomic mass is 9.56. The van der Waals surface area contributed by atoms with Crippen LogP contribution >= 0.6 is 0 Å². The van der Waals surface area contributed by atoms with Crippen molar-refractivity contribution in [3.63, 3.8) is 0 Å². The second kappa shape index (κ2) is 7.77. The van der Waals surface area contributed by atoms with Gasteiger partial charge in [-0.25, -0.2) is 0 Å². The molecule has 4 fully saturated rings. The minimum Gasteiger partial charge on any atom is -0.462 e. The summed E-state index contributed by atoms with van der Waals surface area (Å²) in [6.07, 6.45) is 9.37. The fourth-order valence-electron chi connectivity index (χ4n) is 9.25. The number of ether oxygens (including phenoxy) is 2. The van der Waals surface area contributed by atoms with Gasteiger partial charge in [0.25, 0.3) is 0 Å². The first-order valence-corrected chi connectivity index (χ1v) is 13.7. The summed E-state index contributed by atoms with van der Waals surface area (Å²) >= 11 is 0. The number of hydrogen-bond acceptors (Lipinski definition) is 5. The van der Waals surface area contributed by atoms with E-state index in [0.29, 0.717) is 35.5 Å². The Bertz CT molecular complexity index is 983. The molecular formula is C29H41NO4. The maximum absolute atomic E-state index is 14.3. The molecule has 2 heterocycles. The molecule has 4 aliphatic carbocycles. The largest absolute Gasteiger partial charge is 0.462 e. The van der Waals surface area contributed by atoms with Crippen LogP contribution in [0.2, 0.25) is 0 Å². The molecule has 6 rings (SSSR count). The highest BCUT2D eigenvalue weighted by Gasteiger charge is 2.63. The van der Waals surface area contributed by atoms with Crippen LogP contribution in [0.1, 0.15) is 79.6 Å². The molecule has 0 unspecified atom stereocenters. The predicted molar refractivity (Wildman–Crippen MR) is 130 cm³/mol. The molecule has 186 valence electrons. The van der Waals surface area contributed by atoms with Crippen LogP contribution in [0, 0.1) is 35.0 Å². The monoisotopic (exact) mass is 467 g/mol. The lowest BCUT2D eigenvalue weighted by molar-refractivity contribution is -0.148. The van der Waals surface area contributed by atoms with Crippen LogP contribution in [-0.4, -0.2) is 42.1 Å². The topological polar surface area (TPSA) is 64.6 Å². The summed E-state index contributed by atoms with van der Waals surface area (Å²) in [5.74, 6) is 2.06. The van der Waals surface area contributed by atoms with Crippen LogP contribution in [0.5, 0.6) is 0 Å². The Kier molecular flexibility index (Phi) is 5.25. The van der Waals surface area contributed by atoms with E-state index in [-0.39, 0.29) is 35.1 Å². The maximum atomic E-state index is 14.3. The SMILES string of the molecule is CC(=O)O[C@@H]1CC[C@@]2(C)C(=CC[C@@H]3[C@H]2C(=O)C2=C(C)[C@@]4(CC[C@@H]23)O[C@H]2C[C@@H](C)CN[C@@H]2[C@@H]4C)C1. The fourth-order valence-corrected chi connectivity index (χ4v) is 9.25. The minimum absolute atomic E-state index is 0.0395. The first-order valence-electron chi connectivity index (χ1n) is 13.7. The Morgan fingerprint density at radius 1 is 1.24 bits per heavy atom. The van der Waals surface area contributed by atoms with Crippen molar-refractivity contribution in [1.29, 1.82) is 0 Å². The zero-order chi connectivity index (χ0) is 24.0. The number of ketones is 1. The number of carbonyl (C=O) groups is 2. The normalized spacial score (nSPS) is 49.8. The quantitative estimate of drug-likeness (QED) is 0.445. The summed E-state index contributed by atoms with van der Waals surface area (Å²) in [5.41, 5.74) is 3.32. The summed E-state index contributed by atoms with van der Waals surface area (Å²) in [6.45, 7) is 11.7. The van der Waals surface area contributed by atoms with E-state index in [1.54, 1.807) is 0 Å². The highest BCUT2D eigenvalue weighted by atomic mass is 16.5. The van der Waals surface area contributed by atoms with Gasteiger partial charge in [-0.15, -0.1) is 0 Å². The molecule has 1 spiro atoms. The van der Waals surface area contributed by atoms with Crippen LogP contribution in [-0.2, 0) is 19.1 Å². The second-order valence-electron chi connectivity index (χ2n) is 12.7. The third kappa shape index (κ3) is 3.05. The Morgan fingerprint density at radius 3 is 2.79 bits per heavy atom. The van der Waals surface area contributed by atoms with E-state index in [1.165, 1.54) is 18.1 Å². The van der Waals surface area contributed by atoms with Gasteiger partial charge in [-0.1, -0.05) is 32.4 Å². The Labute approximate surface area is 204 Å². The number of Topliss-reactive ketones (excluding diaryl/α,β-unsaturated/α-hetero) is 1. The molecule has 2 aliphatic heterocycles. The zero-order valence-corrected chi connectivity index (χ0v) is 21.5. The first kappa shape index (κ1) is 23.0. The maximum Gasteiger partial charge on any atom is 0.302 e. The molecule has 1 N–H and O–H groups in total. The number of allylic oxidation sites excluding steroid dienone is 2. The molecular weight excluding hydrogens is 426 g/mol. The second-order valence-corrected chi connectivity index (χ2v) is 12.7. The van der Waals surface area contributed by atoms with Crippen LogP contribution in [0.25, 0.3) is 0 Å². The number of hydrogen-bond donors (Lipinski definition) is 1. The summed E-state index contributed by atoms with van der Waals surface area (Å²) < 4.78 is 12.5. The lowest BCUT2D eigenvalue weighted by Crippen LogP contribution is -2.49. The number of rotatable bonds is 1. The molecule has 0 aromatic rings. The van der Waals surface area contributed by atoms with E-state index in [2.05, 4.69) is 39.1 Å². The van der Waals surface area contributed by atoms with E-state index in [0.717, 1.165) is 57.1 Å². The Morgan fingerprint density at radius 2 is 2.03 bits per heavy atom. The number of nitrogens with one attached hydrogen (secondary N) is 1. The van der Waals surface area contributed by atoms with E-state index < -0.39 is 0 Å². The standard InChI is InChI=1S/C29H41NO4/c1-15-12-23-26(30-14-15)17(3)29(34-23)11-9-21-22-7-6-19-13-20(33-18(4)31)8-10-28(19,5)25(22)27(32)24(21)16(29)2/h6,15,17,20-23,25-26,30H,7-14H2,1-5H3/t15-,17+,20-,21-,22+,23+,25+,26-,28+,29-/m1/s1. The predicted octanol–water partition coefficient (Wildman–Crippen LogP) is 4.75. The lowest BCUT2D eigenvalue weighted by Gasteiger charge is -2.48. The van der Waals surface area contributed by atoms with Gasteiger partial charge in [0, 0.05) is 36.8 Å². The summed E-state index contributed by atoms with van der Waals surface area (Å²) in [7, 11) is 0. The molecule has 2 saturated carbocycles. The summed E-state index contributed by atoms with van der Waals surface area (Å²) in [4.78, 5) is 25.8. The van der Waals surface area contributed by atoms with Crippen molar-refractivity contribution in [2.45, 2.75) is 103 Å². The summed E-state index contributed by atoms with van der Waals surface area (Å²) in [6, 6.07) is 0.393. The van der Waals surface area contributed by atoms with Crippen molar-refractivity contribution in [3.05, 3.63) is 22.8 Å². The van der Waals surface area contributed by atoms with E-state index in [4.69, 9.17) is 9.47 Å². The average molecular weight is 468 g/mol. The molecule has 5 nitrogen and oxygen atoms in total. The van der Waals surface area contributed by atoms with Crippen LogP contribution in [0.15, 0.2) is 22.8 Å². The number of carbonyl (C=O) groups excluding carboxylic acids is 2. The average Bonchev–Trinajstić information content (AvgIpc) is 3.23. The van der Waals surface area contributed by atoms with Gasteiger partial charge >= 0.3 is 5.97 Å². The smallest absolute Gasteiger partial charge is 0.302 e. The van der Waals surface area contributed by atoms with Gasteiger partial charge < -0.3 is 14.8 Å². The number of esters is 1. The van der Waals surface area contributed by atoms with Crippen molar-refractivity contribution in [3.8, 4) is 0 Å². The molecule has 5 heteroatoms. The van der Waals surface area contributed by atoms with E-state index in [9.17, 15) is 9.59 Å². The van der Waals surface area contributed by atoms with E-state index >= 15 is 0 Å². The molecule has 0 amide bonds. The molecule has 10 atom stereocenters. The van der Waals surface area contributed by atoms with Crippen LogP contribution in [0.3, 0.4) is 0 Å². The molecule has 2 saturated heterocycles. The zero-order valence-electron chi connectivity index (χ0n) is 21.5. The van der Waals surface area contributed by atoms with Crippen molar-refractivity contribution in [2.24, 2.45) is 35.0 Å². The van der Waals surface area contributed by atoms with Gasteiger partial charge in [-0.2, -0.15) is 0 Å². The first-order chi connectivity index (χ1) is 16.2. The third-order valence-electron chi connectivity index (χ3n) is 10.9.